The van der Waals surface area contributed by atoms with Gasteiger partial charge in [0.15, 0.2) is 16.6 Å². The van der Waals surface area contributed by atoms with Crippen LogP contribution in [-0.2, 0) is 11.3 Å². The Hall–Kier alpha value is -2.94. The third-order valence-corrected chi connectivity index (χ3v) is 3.89. The van der Waals surface area contributed by atoms with Crippen molar-refractivity contribution in [2.45, 2.75) is 13.2 Å². The number of furan rings is 1. The quantitative estimate of drug-likeness (QED) is 0.614. The van der Waals surface area contributed by atoms with E-state index in [0.717, 1.165) is 0 Å². The Balaban J connectivity index is 1.81. The maximum Gasteiger partial charge on any atom is 0.387 e. The zero-order valence-corrected chi connectivity index (χ0v) is 14.4. The lowest BCUT2D eigenvalue weighted by Crippen LogP contribution is -2.29. The van der Waals surface area contributed by atoms with Crippen LogP contribution >= 0.6 is 12.2 Å². The Morgan fingerprint density at radius 1 is 1.35 bits per heavy atom. The zero-order chi connectivity index (χ0) is 18.7. The molecular formula is C17H14F2N2O4S. The van der Waals surface area contributed by atoms with E-state index in [4.69, 9.17) is 21.4 Å². The summed E-state index contributed by atoms with van der Waals surface area (Å²) in [5, 5.41) is 3.09. The molecule has 0 spiro atoms. The van der Waals surface area contributed by atoms with Crippen LogP contribution in [0.1, 0.15) is 11.3 Å². The number of thiocarbonyl (C=S) groups is 1. The van der Waals surface area contributed by atoms with Crippen LogP contribution in [0, 0.1) is 0 Å². The molecule has 0 saturated carbocycles. The second-order valence-corrected chi connectivity index (χ2v) is 5.63. The maximum absolute atomic E-state index is 12.5. The highest BCUT2D eigenvalue weighted by atomic mass is 32.1. The molecule has 2 heterocycles. The van der Waals surface area contributed by atoms with Crippen LogP contribution in [-0.4, -0.2) is 29.6 Å². The number of nitrogens with zero attached hydrogens (tertiary/aromatic N) is 1. The molecule has 1 aromatic carbocycles. The molecule has 136 valence electrons. The van der Waals surface area contributed by atoms with Gasteiger partial charge in [-0.15, -0.1) is 0 Å². The standard InChI is InChI=1S/C17H14F2N2O4S/c1-23-14-8-10(4-5-13(14)25-16(18)19)7-12-15(22)21(17(26)20-12)9-11-3-2-6-24-11/h2-8,16H,9H2,1H3,(H,20,26). The highest BCUT2D eigenvalue weighted by molar-refractivity contribution is 7.80. The van der Waals surface area contributed by atoms with E-state index >= 15 is 0 Å². The largest absolute Gasteiger partial charge is 0.493 e. The van der Waals surface area contributed by atoms with E-state index in [2.05, 4.69) is 10.1 Å². The van der Waals surface area contributed by atoms with Gasteiger partial charge in [0.25, 0.3) is 5.91 Å². The molecule has 0 atom stereocenters. The van der Waals surface area contributed by atoms with Crippen molar-refractivity contribution in [3.8, 4) is 11.5 Å². The molecular weight excluding hydrogens is 366 g/mol. The molecule has 1 N–H and O–H groups in total. The fourth-order valence-corrected chi connectivity index (χ4v) is 2.66. The Morgan fingerprint density at radius 3 is 2.81 bits per heavy atom. The predicted octanol–water partition coefficient (Wildman–Crippen LogP) is 3.15. The monoisotopic (exact) mass is 380 g/mol. The molecule has 0 aliphatic carbocycles. The second-order valence-electron chi connectivity index (χ2n) is 5.25. The van der Waals surface area contributed by atoms with Gasteiger partial charge in [-0.25, -0.2) is 0 Å². The number of carbonyl (C=O) groups is 1. The third kappa shape index (κ3) is 3.83. The van der Waals surface area contributed by atoms with Crippen LogP contribution in [0.15, 0.2) is 46.7 Å². The number of benzene rings is 1. The van der Waals surface area contributed by atoms with Crippen LogP contribution in [0.4, 0.5) is 8.78 Å². The van der Waals surface area contributed by atoms with E-state index < -0.39 is 6.61 Å². The fraction of sp³-hybridized carbons (Fsp3) is 0.176. The summed E-state index contributed by atoms with van der Waals surface area (Å²) in [7, 11) is 1.34. The first kappa shape index (κ1) is 17.9. The number of nitrogens with one attached hydrogen (secondary N) is 1. The molecule has 6 nitrogen and oxygen atoms in total. The lowest BCUT2D eigenvalue weighted by atomic mass is 10.1. The van der Waals surface area contributed by atoms with Crippen molar-refractivity contribution in [1.82, 2.24) is 10.2 Å². The molecule has 0 bridgehead atoms. The number of amides is 1. The van der Waals surface area contributed by atoms with Gasteiger partial charge in [0.2, 0.25) is 0 Å². The molecule has 1 aromatic heterocycles. The van der Waals surface area contributed by atoms with Gasteiger partial charge in [-0.2, -0.15) is 8.78 Å². The molecule has 1 amide bonds. The smallest absolute Gasteiger partial charge is 0.387 e. The van der Waals surface area contributed by atoms with E-state index in [9.17, 15) is 13.6 Å². The Kier molecular flexibility index (Phi) is 5.17. The van der Waals surface area contributed by atoms with Crippen molar-refractivity contribution in [2.24, 2.45) is 0 Å². The molecule has 3 rings (SSSR count). The van der Waals surface area contributed by atoms with Gasteiger partial charge in [0.05, 0.1) is 19.9 Å². The van der Waals surface area contributed by atoms with E-state index in [1.54, 1.807) is 18.2 Å². The number of alkyl halides is 2. The predicted molar refractivity (Wildman–Crippen MR) is 92.6 cm³/mol. The number of carbonyl (C=O) groups excluding carboxylic acids is 1. The van der Waals surface area contributed by atoms with Crippen molar-refractivity contribution in [2.75, 3.05) is 7.11 Å². The first-order chi connectivity index (χ1) is 12.5. The molecule has 26 heavy (non-hydrogen) atoms. The van der Waals surface area contributed by atoms with E-state index in [-0.39, 0.29) is 34.8 Å². The molecule has 9 heteroatoms. The molecule has 1 aliphatic rings. The summed E-state index contributed by atoms with van der Waals surface area (Å²) < 4.78 is 39.4. The minimum Gasteiger partial charge on any atom is -0.493 e. The fourth-order valence-electron chi connectivity index (χ4n) is 2.41. The molecule has 0 radical (unpaired) electrons. The van der Waals surface area contributed by atoms with Crippen LogP contribution in [0.2, 0.25) is 0 Å². The number of ether oxygens (including phenoxy) is 2. The van der Waals surface area contributed by atoms with E-state index in [0.29, 0.717) is 11.3 Å². The number of hydrogen-bond donors (Lipinski definition) is 1. The first-order valence-electron chi connectivity index (χ1n) is 7.47. The van der Waals surface area contributed by atoms with Gasteiger partial charge < -0.3 is 19.2 Å². The molecule has 2 aromatic rings. The summed E-state index contributed by atoms with van der Waals surface area (Å²) in [6, 6.07) is 7.82. The highest BCUT2D eigenvalue weighted by Crippen LogP contribution is 2.30. The third-order valence-electron chi connectivity index (χ3n) is 3.57. The Labute approximate surface area is 153 Å². The van der Waals surface area contributed by atoms with Crippen molar-refractivity contribution in [3.63, 3.8) is 0 Å². The van der Waals surface area contributed by atoms with Gasteiger partial charge in [-0.1, -0.05) is 6.07 Å². The van der Waals surface area contributed by atoms with Crippen molar-refractivity contribution >= 4 is 29.3 Å². The minimum absolute atomic E-state index is 0.0923. The van der Waals surface area contributed by atoms with Gasteiger partial charge in [0.1, 0.15) is 11.5 Å². The van der Waals surface area contributed by atoms with Crippen LogP contribution in [0.3, 0.4) is 0 Å². The summed E-state index contributed by atoms with van der Waals surface area (Å²) in [5.41, 5.74) is 0.813. The SMILES string of the molecule is COc1cc(C=C2NC(=S)N(Cc3ccco3)C2=O)ccc1OC(F)F. The lowest BCUT2D eigenvalue weighted by molar-refractivity contribution is -0.122. The molecule has 1 aliphatic heterocycles. The van der Waals surface area contributed by atoms with Crippen molar-refractivity contribution in [3.05, 3.63) is 53.6 Å². The summed E-state index contributed by atoms with van der Waals surface area (Å²) in [6.07, 6.45) is 3.06. The summed E-state index contributed by atoms with van der Waals surface area (Å²) in [5.74, 6) is 0.308. The topological polar surface area (TPSA) is 63.9 Å². The molecule has 1 fully saturated rings. The highest BCUT2D eigenvalue weighted by Gasteiger charge is 2.31. The second kappa shape index (κ2) is 7.52. The first-order valence-corrected chi connectivity index (χ1v) is 7.88. The Morgan fingerprint density at radius 2 is 2.15 bits per heavy atom. The average Bonchev–Trinajstić information content (AvgIpc) is 3.20. The number of halogens is 2. The molecule has 0 unspecified atom stereocenters. The van der Waals surface area contributed by atoms with Crippen molar-refractivity contribution < 1.29 is 27.5 Å². The van der Waals surface area contributed by atoms with Gasteiger partial charge in [0, 0.05) is 0 Å². The van der Waals surface area contributed by atoms with Gasteiger partial charge in [-0.3, -0.25) is 9.69 Å². The number of rotatable bonds is 6. The lowest BCUT2D eigenvalue weighted by Gasteiger charge is -2.11. The number of methoxy groups -OCH3 is 1. The van der Waals surface area contributed by atoms with Gasteiger partial charge >= 0.3 is 6.61 Å². The number of hydrogen-bond acceptors (Lipinski definition) is 5. The maximum atomic E-state index is 12.5. The van der Waals surface area contributed by atoms with Crippen LogP contribution < -0.4 is 14.8 Å². The van der Waals surface area contributed by atoms with Gasteiger partial charge in [-0.05, 0) is 48.1 Å². The molecule has 1 saturated heterocycles. The van der Waals surface area contributed by atoms with Crippen LogP contribution in [0.25, 0.3) is 6.08 Å². The van der Waals surface area contributed by atoms with E-state index in [1.165, 1.54) is 36.5 Å². The summed E-state index contributed by atoms with van der Waals surface area (Å²) in [4.78, 5) is 13.9. The van der Waals surface area contributed by atoms with E-state index in [1.807, 2.05) is 0 Å². The van der Waals surface area contributed by atoms with Crippen LogP contribution in [0.5, 0.6) is 11.5 Å². The summed E-state index contributed by atoms with van der Waals surface area (Å²) in [6.45, 7) is -2.75. The summed E-state index contributed by atoms with van der Waals surface area (Å²) >= 11 is 5.18. The van der Waals surface area contributed by atoms with Crippen molar-refractivity contribution in [1.29, 1.82) is 0 Å². The Bertz CT molecular complexity index is 852. The minimum atomic E-state index is -2.96. The zero-order valence-electron chi connectivity index (χ0n) is 13.6. The normalized spacial score (nSPS) is 15.7. The average molecular weight is 380 g/mol.